The maximum absolute atomic E-state index is 12.0. The van der Waals surface area contributed by atoms with Crippen LogP contribution in [-0.2, 0) is 0 Å². The number of hydrogen-bond acceptors (Lipinski definition) is 2. The summed E-state index contributed by atoms with van der Waals surface area (Å²) < 4.78 is 0. The third-order valence-corrected chi connectivity index (χ3v) is 4.52. The smallest absolute Gasteiger partial charge is 0.346 e. The number of nitrogens with zero attached hydrogens (tertiary/aromatic N) is 2. The van der Waals surface area contributed by atoms with E-state index in [0.717, 1.165) is 18.0 Å². The van der Waals surface area contributed by atoms with Gasteiger partial charge in [0.15, 0.2) is 0 Å². The first-order chi connectivity index (χ1) is 9.72. The quantitative estimate of drug-likeness (QED) is 0.913. The highest BCUT2D eigenvalue weighted by Gasteiger charge is 2.38. The minimum absolute atomic E-state index is 0.156. The molecule has 104 valence electrons. The van der Waals surface area contributed by atoms with E-state index in [9.17, 15) is 4.79 Å². The monoisotopic (exact) mass is 269 g/mol. The Morgan fingerprint density at radius 2 is 1.75 bits per heavy atom. The third-order valence-electron chi connectivity index (χ3n) is 4.52. The van der Waals surface area contributed by atoms with Gasteiger partial charge in [-0.05, 0) is 48.6 Å². The molecule has 3 aliphatic rings. The van der Waals surface area contributed by atoms with E-state index >= 15 is 0 Å². The zero-order valence-corrected chi connectivity index (χ0v) is 11.5. The summed E-state index contributed by atoms with van der Waals surface area (Å²) in [7, 11) is 0. The van der Waals surface area contributed by atoms with Crippen molar-refractivity contribution in [3.05, 3.63) is 35.4 Å². The minimum Gasteiger partial charge on any atom is -0.385 e. The molecule has 0 saturated heterocycles. The molecule has 2 aliphatic carbocycles. The molecule has 4 heteroatoms. The van der Waals surface area contributed by atoms with E-state index < -0.39 is 0 Å². The predicted molar refractivity (Wildman–Crippen MR) is 77.6 cm³/mol. The second-order valence-electron chi connectivity index (χ2n) is 6.26. The fraction of sp³-hybridized carbons (Fsp3) is 0.500. The number of hydrogen-bond donors (Lipinski definition) is 1. The van der Waals surface area contributed by atoms with Crippen LogP contribution in [0.25, 0.3) is 0 Å². The zero-order chi connectivity index (χ0) is 13.7. The van der Waals surface area contributed by atoms with Crippen LogP contribution < -0.4 is 5.73 Å². The van der Waals surface area contributed by atoms with Crippen LogP contribution in [0.5, 0.6) is 0 Å². The highest BCUT2D eigenvalue weighted by molar-refractivity contribution is 6.03. The zero-order valence-electron chi connectivity index (χ0n) is 11.5. The van der Waals surface area contributed by atoms with Crippen molar-refractivity contribution in [1.29, 1.82) is 0 Å². The average Bonchev–Trinajstić information content (AvgIpc) is 3.32. The summed E-state index contributed by atoms with van der Waals surface area (Å²) in [6.45, 7) is 0.790. The Kier molecular flexibility index (Phi) is 2.59. The molecule has 1 aromatic rings. The number of carbonyl (C=O) groups excluding carboxylic acids is 1. The number of amides is 2. The van der Waals surface area contributed by atoms with Gasteiger partial charge in [0.1, 0.15) is 11.9 Å². The third kappa shape index (κ3) is 2.09. The van der Waals surface area contributed by atoms with Gasteiger partial charge in [0.05, 0.1) is 0 Å². The molecule has 1 atom stereocenters. The Hall–Kier alpha value is -1.84. The molecule has 0 radical (unpaired) electrons. The fourth-order valence-corrected chi connectivity index (χ4v) is 2.99. The van der Waals surface area contributed by atoms with Crippen molar-refractivity contribution in [3.63, 3.8) is 0 Å². The van der Waals surface area contributed by atoms with Crippen LogP contribution in [0, 0.1) is 5.92 Å². The molecule has 0 spiro atoms. The van der Waals surface area contributed by atoms with E-state index in [4.69, 9.17) is 5.73 Å². The predicted octanol–water partition coefficient (Wildman–Crippen LogP) is 2.81. The highest BCUT2D eigenvalue weighted by Crippen LogP contribution is 2.41. The van der Waals surface area contributed by atoms with Crippen LogP contribution in [0.1, 0.15) is 48.8 Å². The number of nitrogens with two attached hydrogens (primary N) is 1. The van der Waals surface area contributed by atoms with Crippen LogP contribution in [-0.4, -0.2) is 23.3 Å². The van der Waals surface area contributed by atoms with Gasteiger partial charge in [0.25, 0.3) is 0 Å². The van der Waals surface area contributed by atoms with E-state index in [0.29, 0.717) is 11.8 Å². The summed E-state index contributed by atoms with van der Waals surface area (Å²) in [5.41, 5.74) is 8.48. The normalized spacial score (nSPS) is 26.0. The SMILES string of the molecule is NC1=NC(=O)N(CC2CC2)C1c1ccc(C2CC2)cc1. The Balaban J connectivity index is 1.59. The van der Waals surface area contributed by atoms with Crippen molar-refractivity contribution in [1.82, 2.24) is 4.90 Å². The number of benzene rings is 1. The first-order valence-electron chi connectivity index (χ1n) is 7.47. The summed E-state index contributed by atoms with van der Waals surface area (Å²) in [5, 5.41) is 0. The molecule has 1 unspecified atom stereocenters. The second-order valence-corrected chi connectivity index (χ2v) is 6.26. The summed E-state index contributed by atoms with van der Waals surface area (Å²) in [4.78, 5) is 17.8. The van der Waals surface area contributed by atoms with E-state index in [1.165, 1.54) is 31.2 Å². The van der Waals surface area contributed by atoms with Crippen molar-refractivity contribution in [2.24, 2.45) is 16.6 Å². The lowest BCUT2D eigenvalue weighted by Gasteiger charge is -2.24. The molecular formula is C16H19N3O. The highest BCUT2D eigenvalue weighted by atomic mass is 16.2. The van der Waals surface area contributed by atoms with Crippen LogP contribution in [0.4, 0.5) is 4.79 Å². The summed E-state index contributed by atoms with van der Waals surface area (Å²) in [6, 6.07) is 8.25. The van der Waals surface area contributed by atoms with E-state index in [-0.39, 0.29) is 12.1 Å². The van der Waals surface area contributed by atoms with Gasteiger partial charge in [-0.3, -0.25) is 0 Å². The first-order valence-corrected chi connectivity index (χ1v) is 7.47. The molecule has 1 aliphatic heterocycles. The average molecular weight is 269 g/mol. The second kappa shape index (κ2) is 4.33. The molecule has 4 rings (SSSR count). The van der Waals surface area contributed by atoms with Gasteiger partial charge in [0, 0.05) is 6.54 Å². The van der Waals surface area contributed by atoms with Crippen molar-refractivity contribution in [3.8, 4) is 0 Å². The van der Waals surface area contributed by atoms with Crippen molar-refractivity contribution < 1.29 is 4.79 Å². The lowest BCUT2D eigenvalue weighted by Crippen LogP contribution is -2.34. The van der Waals surface area contributed by atoms with Gasteiger partial charge < -0.3 is 10.6 Å². The Morgan fingerprint density at radius 3 is 2.35 bits per heavy atom. The van der Waals surface area contributed by atoms with Crippen molar-refractivity contribution in [2.45, 2.75) is 37.6 Å². The molecule has 2 fully saturated rings. The standard InChI is InChI=1S/C16H19N3O/c17-15-14(19(16(20)18-15)9-10-1-2-10)13-7-5-12(6-8-13)11-3-4-11/h5-8,10-11,14H,1-4,9H2,(H2,17,18,20). The largest absolute Gasteiger partial charge is 0.385 e. The maximum Gasteiger partial charge on any atom is 0.346 e. The fourth-order valence-electron chi connectivity index (χ4n) is 2.99. The van der Waals surface area contributed by atoms with Gasteiger partial charge in [-0.15, -0.1) is 0 Å². The van der Waals surface area contributed by atoms with Gasteiger partial charge >= 0.3 is 6.03 Å². The Morgan fingerprint density at radius 1 is 1.10 bits per heavy atom. The lowest BCUT2D eigenvalue weighted by atomic mass is 10.0. The molecule has 0 bridgehead atoms. The molecule has 1 aromatic carbocycles. The van der Waals surface area contributed by atoms with Gasteiger partial charge in [-0.1, -0.05) is 24.3 Å². The molecule has 4 nitrogen and oxygen atoms in total. The van der Waals surface area contributed by atoms with Crippen LogP contribution >= 0.6 is 0 Å². The number of urea groups is 1. The van der Waals surface area contributed by atoms with E-state index in [2.05, 4.69) is 29.3 Å². The Bertz CT molecular complexity index is 570. The molecular weight excluding hydrogens is 250 g/mol. The molecule has 2 amide bonds. The first kappa shape index (κ1) is 11.9. The Labute approximate surface area is 118 Å². The minimum atomic E-state index is -0.175. The lowest BCUT2D eigenvalue weighted by molar-refractivity contribution is 0.204. The molecule has 20 heavy (non-hydrogen) atoms. The summed E-state index contributed by atoms with van der Waals surface area (Å²) in [5.74, 6) is 1.84. The molecule has 0 aromatic heterocycles. The summed E-state index contributed by atoms with van der Waals surface area (Å²) >= 11 is 0. The molecule has 2 saturated carbocycles. The molecule has 2 N–H and O–H groups in total. The van der Waals surface area contributed by atoms with Crippen LogP contribution in [0.3, 0.4) is 0 Å². The molecule has 1 heterocycles. The number of amidine groups is 1. The van der Waals surface area contributed by atoms with Crippen molar-refractivity contribution >= 4 is 11.9 Å². The number of rotatable bonds is 4. The van der Waals surface area contributed by atoms with Gasteiger partial charge in [0.2, 0.25) is 0 Å². The van der Waals surface area contributed by atoms with E-state index in [1.807, 2.05) is 4.90 Å². The number of carbonyl (C=O) groups is 1. The summed E-state index contributed by atoms with van der Waals surface area (Å²) in [6.07, 6.45) is 5.05. The van der Waals surface area contributed by atoms with E-state index in [1.54, 1.807) is 0 Å². The van der Waals surface area contributed by atoms with Gasteiger partial charge in [-0.2, -0.15) is 4.99 Å². The topological polar surface area (TPSA) is 58.7 Å². The van der Waals surface area contributed by atoms with Gasteiger partial charge in [-0.25, -0.2) is 4.79 Å². The van der Waals surface area contributed by atoms with Crippen LogP contribution in [0.15, 0.2) is 29.3 Å². The number of aliphatic imine (C=N–C) groups is 1. The van der Waals surface area contributed by atoms with Crippen LogP contribution in [0.2, 0.25) is 0 Å². The van der Waals surface area contributed by atoms with Crippen molar-refractivity contribution in [2.75, 3.05) is 6.54 Å². The maximum atomic E-state index is 12.0.